The Bertz CT molecular complexity index is 796. The Balaban J connectivity index is 2.06. The second kappa shape index (κ2) is 13.4. The molecule has 2 rings (SSSR count). The fourth-order valence-corrected chi connectivity index (χ4v) is 2.74. The summed E-state index contributed by atoms with van der Waals surface area (Å²) in [5, 5.41) is 6.67. The molecule has 1 aromatic heterocycles. The van der Waals surface area contributed by atoms with E-state index in [0.29, 0.717) is 38.8 Å². The van der Waals surface area contributed by atoms with Gasteiger partial charge in [-0.3, -0.25) is 0 Å². The van der Waals surface area contributed by atoms with Gasteiger partial charge in [0.15, 0.2) is 5.96 Å². The number of ether oxygens (including phenoxy) is 3. The molecule has 0 saturated carbocycles. The Labute approximate surface area is 179 Å². The molecule has 0 atom stereocenters. The maximum atomic E-state index is 5.88. The van der Waals surface area contributed by atoms with E-state index in [-0.39, 0.29) is 0 Å². The largest absolute Gasteiger partial charge is 0.491 e. The molecule has 164 valence electrons. The molecule has 0 unspecified atom stereocenters. The minimum absolute atomic E-state index is 0.479. The number of guanidine groups is 1. The van der Waals surface area contributed by atoms with Crippen molar-refractivity contribution >= 4 is 5.96 Å². The molecule has 1 aromatic carbocycles. The average molecular weight is 415 g/mol. The monoisotopic (exact) mass is 414 g/mol. The van der Waals surface area contributed by atoms with Gasteiger partial charge in [-0.25, -0.2) is 9.98 Å². The van der Waals surface area contributed by atoms with E-state index in [9.17, 15) is 0 Å². The lowest BCUT2D eigenvalue weighted by Crippen LogP contribution is -2.36. The molecular weight excluding hydrogens is 380 g/mol. The normalized spacial score (nSPS) is 11.3. The lowest BCUT2D eigenvalue weighted by atomic mass is 10.1. The van der Waals surface area contributed by atoms with E-state index < -0.39 is 0 Å². The number of benzene rings is 1. The molecule has 7 heteroatoms. The maximum absolute atomic E-state index is 5.88. The molecule has 0 aliphatic rings. The molecule has 0 fully saturated rings. The number of hydrogen-bond acceptors (Lipinski definition) is 5. The first-order valence-electron chi connectivity index (χ1n) is 10.5. The topological polar surface area (TPSA) is 77.0 Å². The van der Waals surface area contributed by atoms with Crippen LogP contribution < -0.4 is 20.1 Å². The van der Waals surface area contributed by atoms with Crippen LogP contribution in [0.3, 0.4) is 0 Å². The summed E-state index contributed by atoms with van der Waals surface area (Å²) < 4.78 is 16.7. The highest BCUT2D eigenvalue weighted by molar-refractivity contribution is 5.79. The summed E-state index contributed by atoms with van der Waals surface area (Å²) in [4.78, 5) is 9.03. The van der Waals surface area contributed by atoms with Crippen molar-refractivity contribution in [3.05, 3.63) is 53.2 Å². The van der Waals surface area contributed by atoms with Crippen molar-refractivity contribution in [2.45, 2.75) is 40.3 Å². The molecule has 0 aliphatic carbocycles. The molecule has 7 nitrogen and oxygen atoms in total. The van der Waals surface area contributed by atoms with Gasteiger partial charge in [0.05, 0.1) is 19.8 Å². The van der Waals surface area contributed by atoms with Gasteiger partial charge in [0.25, 0.3) is 0 Å². The maximum Gasteiger partial charge on any atom is 0.218 e. The van der Waals surface area contributed by atoms with Gasteiger partial charge in [0.2, 0.25) is 5.88 Å². The second-order valence-electron chi connectivity index (χ2n) is 6.82. The number of aryl methyl sites for hydroxylation is 1. The van der Waals surface area contributed by atoms with Crippen molar-refractivity contribution < 1.29 is 14.2 Å². The van der Waals surface area contributed by atoms with Crippen molar-refractivity contribution in [2.24, 2.45) is 4.99 Å². The van der Waals surface area contributed by atoms with E-state index in [2.05, 4.69) is 41.6 Å². The van der Waals surface area contributed by atoms with Gasteiger partial charge in [0, 0.05) is 37.5 Å². The zero-order chi connectivity index (χ0) is 21.6. The van der Waals surface area contributed by atoms with Crippen LogP contribution in [-0.2, 0) is 17.8 Å². The predicted octanol–water partition coefficient (Wildman–Crippen LogP) is 3.46. The summed E-state index contributed by atoms with van der Waals surface area (Å²) in [6.45, 7) is 9.73. The van der Waals surface area contributed by atoms with Gasteiger partial charge in [-0.05, 0) is 38.0 Å². The lowest BCUT2D eigenvalue weighted by Gasteiger charge is -2.15. The van der Waals surface area contributed by atoms with Crippen LogP contribution >= 0.6 is 0 Å². The van der Waals surface area contributed by atoms with E-state index in [1.54, 1.807) is 13.3 Å². The first-order valence-corrected chi connectivity index (χ1v) is 10.5. The van der Waals surface area contributed by atoms with Gasteiger partial charge in [-0.2, -0.15) is 0 Å². The number of aromatic nitrogens is 1. The number of nitrogens with one attached hydrogen (secondary N) is 2. The van der Waals surface area contributed by atoms with Crippen molar-refractivity contribution in [2.75, 3.05) is 33.5 Å². The van der Waals surface area contributed by atoms with Gasteiger partial charge in [0.1, 0.15) is 12.4 Å². The highest BCUT2D eigenvalue weighted by atomic mass is 16.5. The average Bonchev–Trinajstić information content (AvgIpc) is 2.76. The van der Waals surface area contributed by atoms with Gasteiger partial charge < -0.3 is 24.8 Å². The zero-order valence-electron chi connectivity index (χ0n) is 18.5. The standard InChI is InChI=1S/C23H34N4O3/c1-5-12-30-22-20(8-7-11-25-22)17-27-23(24-6-2)26-16-19-10-9-18(3)15-21(19)29-14-13-28-4/h7-11,15H,5-6,12-14,16-17H2,1-4H3,(H2,24,26,27). The van der Waals surface area contributed by atoms with Gasteiger partial charge in [-0.15, -0.1) is 0 Å². The van der Waals surface area contributed by atoms with Gasteiger partial charge in [-0.1, -0.05) is 25.1 Å². The molecular formula is C23H34N4O3. The molecule has 1 heterocycles. The van der Waals surface area contributed by atoms with Crippen LogP contribution in [0.25, 0.3) is 0 Å². The molecule has 2 N–H and O–H groups in total. The Morgan fingerprint density at radius 3 is 2.67 bits per heavy atom. The van der Waals surface area contributed by atoms with E-state index in [1.165, 1.54) is 0 Å². The molecule has 0 radical (unpaired) electrons. The summed E-state index contributed by atoms with van der Waals surface area (Å²) in [5.41, 5.74) is 3.18. The third-order valence-electron chi connectivity index (χ3n) is 4.26. The number of pyridine rings is 1. The van der Waals surface area contributed by atoms with Crippen LogP contribution in [0, 0.1) is 6.92 Å². The predicted molar refractivity (Wildman–Crippen MR) is 120 cm³/mol. The highest BCUT2D eigenvalue weighted by Gasteiger charge is 2.08. The number of methoxy groups -OCH3 is 1. The first-order chi connectivity index (χ1) is 14.7. The molecule has 0 amide bonds. The summed E-state index contributed by atoms with van der Waals surface area (Å²) in [7, 11) is 1.67. The molecule has 30 heavy (non-hydrogen) atoms. The quantitative estimate of drug-likeness (QED) is 0.315. The van der Waals surface area contributed by atoms with E-state index >= 15 is 0 Å². The Morgan fingerprint density at radius 2 is 1.90 bits per heavy atom. The summed E-state index contributed by atoms with van der Waals surface area (Å²) in [6, 6.07) is 10.1. The Kier molecular flexibility index (Phi) is 10.5. The smallest absolute Gasteiger partial charge is 0.218 e. The molecule has 0 bridgehead atoms. The fraction of sp³-hybridized carbons (Fsp3) is 0.478. The highest BCUT2D eigenvalue weighted by Crippen LogP contribution is 2.20. The van der Waals surface area contributed by atoms with Crippen LogP contribution in [0.4, 0.5) is 0 Å². The third-order valence-corrected chi connectivity index (χ3v) is 4.26. The summed E-state index contributed by atoms with van der Waals surface area (Å²) in [5.74, 6) is 2.23. The zero-order valence-corrected chi connectivity index (χ0v) is 18.5. The summed E-state index contributed by atoms with van der Waals surface area (Å²) >= 11 is 0. The third kappa shape index (κ3) is 7.91. The Hall–Kier alpha value is -2.80. The SMILES string of the molecule is CCCOc1ncccc1CN=C(NCC)NCc1ccc(C)cc1OCCOC. The number of nitrogens with zero attached hydrogens (tertiary/aromatic N) is 2. The van der Waals surface area contributed by atoms with Crippen molar-refractivity contribution in [1.29, 1.82) is 0 Å². The molecule has 2 aromatic rings. The minimum atomic E-state index is 0.479. The fourth-order valence-electron chi connectivity index (χ4n) is 2.74. The van der Waals surface area contributed by atoms with Gasteiger partial charge >= 0.3 is 0 Å². The molecule has 0 saturated heterocycles. The van der Waals surface area contributed by atoms with E-state index in [0.717, 1.165) is 41.4 Å². The molecule has 0 spiro atoms. The van der Waals surface area contributed by atoms with Crippen molar-refractivity contribution in [3.63, 3.8) is 0 Å². The van der Waals surface area contributed by atoms with Crippen LogP contribution in [0.5, 0.6) is 11.6 Å². The van der Waals surface area contributed by atoms with Crippen LogP contribution in [0.15, 0.2) is 41.5 Å². The van der Waals surface area contributed by atoms with Crippen LogP contribution in [0.1, 0.15) is 37.0 Å². The van der Waals surface area contributed by atoms with Crippen molar-refractivity contribution in [3.8, 4) is 11.6 Å². The number of aliphatic imine (C=N–C) groups is 1. The molecule has 0 aliphatic heterocycles. The number of rotatable bonds is 12. The minimum Gasteiger partial charge on any atom is -0.491 e. The van der Waals surface area contributed by atoms with Crippen LogP contribution in [0.2, 0.25) is 0 Å². The van der Waals surface area contributed by atoms with Crippen LogP contribution in [-0.4, -0.2) is 44.4 Å². The van der Waals surface area contributed by atoms with Crippen molar-refractivity contribution in [1.82, 2.24) is 15.6 Å². The summed E-state index contributed by atoms with van der Waals surface area (Å²) in [6.07, 6.45) is 2.68. The Morgan fingerprint density at radius 1 is 1.03 bits per heavy atom. The van der Waals surface area contributed by atoms with E-state index in [1.807, 2.05) is 25.1 Å². The first kappa shape index (κ1) is 23.5. The lowest BCUT2D eigenvalue weighted by molar-refractivity contribution is 0.145. The number of hydrogen-bond donors (Lipinski definition) is 2. The van der Waals surface area contributed by atoms with E-state index in [4.69, 9.17) is 19.2 Å². The second-order valence-corrected chi connectivity index (χ2v) is 6.82.